The molecule has 1 aromatic rings. The zero-order chi connectivity index (χ0) is 11.1. The Kier molecular flexibility index (Phi) is 4.56. The summed E-state index contributed by atoms with van der Waals surface area (Å²) in [4.78, 5) is 15.2. The van der Waals surface area contributed by atoms with E-state index in [-0.39, 0.29) is 12.5 Å². The fraction of sp³-hybridized carbons (Fsp3) is 0.400. The van der Waals surface area contributed by atoms with Crippen molar-refractivity contribution in [3.63, 3.8) is 0 Å². The van der Waals surface area contributed by atoms with Gasteiger partial charge in [0.25, 0.3) is 5.91 Å². The molecule has 0 saturated heterocycles. The number of amides is 1. The van der Waals surface area contributed by atoms with E-state index in [0.717, 1.165) is 5.69 Å². The second kappa shape index (κ2) is 5.98. The van der Waals surface area contributed by atoms with Crippen LogP contribution in [0.5, 0.6) is 5.75 Å². The molecule has 0 radical (unpaired) electrons. The number of aromatic nitrogens is 1. The van der Waals surface area contributed by atoms with E-state index in [1.54, 1.807) is 12.3 Å². The zero-order valence-corrected chi connectivity index (χ0v) is 8.69. The Morgan fingerprint density at radius 3 is 3.00 bits per heavy atom. The minimum Gasteiger partial charge on any atom is -0.482 e. The lowest BCUT2D eigenvalue weighted by atomic mass is 10.4. The fourth-order valence-corrected chi connectivity index (χ4v) is 0.951. The summed E-state index contributed by atoms with van der Waals surface area (Å²) in [5, 5.41) is 2.60. The van der Waals surface area contributed by atoms with E-state index in [0.29, 0.717) is 18.8 Å². The topological polar surface area (TPSA) is 77.2 Å². The summed E-state index contributed by atoms with van der Waals surface area (Å²) >= 11 is 0. The molecule has 0 aliphatic rings. The highest BCUT2D eigenvalue weighted by atomic mass is 16.5. The highest BCUT2D eigenvalue weighted by Crippen LogP contribution is 2.07. The fourth-order valence-electron chi connectivity index (χ4n) is 0.951. The van der Waals surface area contributed by atoms with Gasteiger partial charge >= 0.3 is 0 Å². The van der Waals surface area contributed by atoms with Crippen molar-refractivity contribution in [2.75, 3.05) is 19.7 Å². The number of nitrogens with one attached hydrogen (secondary N) is 1. The van der Waals surface area contributed by atoms with Crippen LogP contribution in [0.4, 0.5) is 0 Å². The van der Waals surface area contributed by atoms with Crippen molar-refractivity contribution in [3.05, 3.63) is 24.0 Å². The molecule has 0 bridgehead atoms. The van der Waals surface area contributed by atoms with Gasteiger partial charge < -0.3 is 15.8 Å². The van der Waals surface area contributed by atoms with Crippen LogP contribution in [0.1, 0.15) is 5.69 Å². The molecule has 0 spiro atoms. The van der Waals surface area contributed by atoms with Gasteiger partial charge in [-0.05, 0) is 19.1 Å². The summed E-state index contributed by atoms with van der Waals surface area (Å²) in [6.45, 7) is 2.77. The lowest BCUT2D eigenvalue weighted by Crippen LogP contribution is -2.32. The van der Waals surface area contributed by atoms with Gasteiger partial charge in [0.05, 0.1) is 6.20 Å². The molecule has 0 fully saturated rings. The monoisotopic (exact) mass is 209 g/mol. The summed E-state index contributed by atoms with van der Waals surface area (Å²) in [7, 11) is 0. The van der Waals surface area contributed by atoms with Gasteiger partial charge in [0, 0.05) is 18.8 Å². The maximum Gasteiger partial charge on any atom is 0.257 e. The molecule has 0 saturated carbocycles. The molecular formula is C10H15N3O2. The molecule has 1 aromatic heterocycles. The molecule has 0 aliphatic heterocycles. The summed E-state index contributed by atoms with van der Waals surface area (Å²) < 4.78 is 5.20. The molecule has 0 aliphatic carbocycles. The summed E-state index contributed by atoms with van der Waals surface area (Å²) in [6, 6.07) is 3.60. The van der Waals surface area contributed by atoms with Gasteiger partial charge in [0.2, 0.25) is 0 Å². The van der Waals surface area contributed by atoms with Gasteiger partial charge in [0.1, 0.15) is 5.75 Å². The second-order valence-corrected chi connectivity index (χ2v) is 3.06. The third kappa shape index (κ3) is 4.42. The predicted octanol–water partition coefficient (Wildman–Crippen LogP) is -0.156. The summed E-state index contributed by atoms with van der Waals surface area (Å²) in [5.74, 6) is 0.407. The number of rotatable bonds is 5. The van der Waals surface area contributed by atoms with Gasteiger partial charge in [-0.2, -0.15) is 0 Å². The first-order valence-corrected chi connectivity index (χ1v) is 4.74. The van der Waals surface area contributed by atoms with Crippen LogP contribution in [0.2, 0.25) is 0 Å². The molecule has 5 heteroatoms. The molecule has 3 N–H and O–H groups in total. The van der Waals surface area contributed by atoms with Gasteiger partial charge in [-0.3, -0.25) is 9.78 Å². The van der Waals surface area contributed by atoms with Gasteiger partial charge in [-0.15, -0.1) is 0 Å². The lowest BCUT2D eigenvalue weighted by molar-refractivity contribution is -0.123. The van der Waals surface area contributed by atoms with Crippen molar-refractivity contribution in [2.24, 2.45) is 5.73 Å². The Morgan fingerprint density at radius 1 is 1.60 bits per heavy atom. The van der Waals surface area contributed by atoms with Crippen molar-refractivity contribution in [1.29, 1.82) is 0 Å². The largest absolute Gasteiger partial charge is 0.482 e. The van der Waals surface area contributed by atoms with E-state index in [2.05, 4.69) is 10.3 Å². The Morgan fingerprint density at radius 2 is 2.40 bits per heavy atom. The highest BCUT2D eigenvalue weighted by Gasteiger charge is 2.01. The van der Waals surface area contributed by atoms with E-state index in [9.17, 15) is 4.79 Å². The number of nitrogens with zero attached hydrogens (tertiary/aromatic N) is 1. The van der Waals surface area contributed by atoms with Crippen LogP contribution in [0.15, 0.2) is 18.3 Å². The standard InChI is InChI=1S/C10H15N3O2/c1-8-2-3-9(6-13-8)15-7-10(14)12-5-4-11/h2-3,6H,4-5,7,11H2,1H3,(H,12,14). The number of pyridine rings is 1. The number of hydrogen-bond donors (Lipinski definition) is 2. The Hall–Kier alpha value is -1.62. The third-order valence-electron chi connectivity index (χ3n) is 1.72. The number of hydrogen-bond acceptors (Lipinski definition) is 4. The maximum absolute atomic E-state index is 11.1. The molecular weight excluding hydrogens is 194 g/mol. The minimum absolute atomic E-state index is 0.00919. The second-order valence-electron chi connectivity index (χ2n) is 3.06. The quantitative estimate of drug-likeness (QED) is 0.706. The van der Waals surface area contributed by atoms with Crippen LogP contribution >= 0.6 is 0 Å². The van der Waals surface area contributed by atoms with Gasteiger partial charge in [-0.25, -0.2) is 0 Å². The average Bonchev–Trinajstić information content (AvgIpc) is 2.25. The SMILES string of the molecule is Cc1ccc(OCC(=O)NCCN)cn1. The molecule has 1 amide bonds. The van der Waals surface area contributed by atoms with E-state index in [1.165, 1.54) is 0 Å². The first-order valence-electron chi connectivity index (χ1n) is 4.74. The smallest absolute Gasteiger partial charge is 0.257 e. The molecule has 15 heavy (non-hydrogen) atoms. The van der Waals surface area contributed by atoms with Crippen molar-refractivity contribution in [1.82, 2.24) is 10.3 Å². The van der Waals surface area contributed by atoms with Crippen molar-refractivity contribution in [3.8, 4) is 5.75 Å². The normalized spacial score (nSPS) is 9.73. The minimum atomic E-state index is -0.180. The Labute approximate surface area is 88.6 Å². The van der Waals surface area contributed by atoms with Crippen LogP contribution in [-0.2, 0) is 4.79 Å². The van der Waals surface area contributed by atoms with E-state index < -0.39 is 0 Å². The maximum atomic E-state index is 11.1. The summed E-state index contributed by atoms with van der Waals surface area (Å²) in [5.41, 5.74) is 6.15. The third-order valence-corrected chi connectivity index (χ3v) is 1.72. The Balaban J connectivity index is 2.30. The number of carbonyl (C=O) groups is 1. The van der Waals surface area contributed by atoms with E-state index in [4.69, 9.17) is 10.5 Å². The summed E-state index contributed by atoms with van der Waals surface area (Å²) in [6.07, 6.45) is 1.59. The van der Waals surface area contributed by atoms with Crippen LogP contribution < -0.4 is 15.8 Å². The molecule has 1 rings (SSSR count). The number of nitrogens with two attached hydrogens (primary N) is 1. The van der Waals surface area contributed by atoms with Crippen LogP contribution in [0.3, 0.4) is 0 Å². The molecule has 82 valence electrons. The zero-order valence-electron chi connectivity index (χ0n) is 8.69. The van der Waals surface area contributed by atoms with E-state index >= 15 is 0 Å². The molecule has 1 heterocycles. The van der Waals surface area contributed by atoms with Gasteiger partial charge in [0.15, 0.2) is 6.61 Å². The van der Waals surface area contributed by atoms with Crippen molar-refractivity contribution >= 4 is 5.91 Å². The first kappa shape index (κ1) is 11.5. The van der Waals surface area contributed by atoms with Gasteiger partial charge in [-0.1, -0.05) is 0 Å². The molecule has 0 aromatic carbocycles. The number of ether oxygens (including phenoxy) is 1. The van der Waals surface area contributed by atoms with Crippen LogP contribution in [0.25, 0.3) is 0 Å². The number of aryl methyl sites for hydroxylation is 1. The molecule has 5 nitrogen and oxygen atoms in total. The molecule has 0 unspecified atom stereocenters. The predicted molar refractivity (Wildman–Crippen MR) is 56.5 cm³/mol. The van der Waals surface area contributed by atoms with E-state index in [1.807, 2.05) is 13.0 Å². The average molecular weight is 209 g/mol. The highest BCUT2D eigenvalue weighted by molar-refractivity contribution is 5.77. The van der Waals surface area contributed by atoms with Crippen molar-refractivity contribution in [2.45, 2.75) is 6.92 Å². The van der Waals surface area contributed by atoms with Crippen LogP contribution in [0, 0.1) is 6.92 Å². The van der Waals surface area contributed by atoms with Crippen molar-refractivity contribution < 1.29 is 9.53 Å². The first-order chi connectivity index (χ1) is 7.22. The molecule has 0 atom stereocenters. The van der Waals surface area contributed by atoms with Crippen LogP contribution in [-0.4, -0.2) is 30.6 Å². The lowest BCUT2D eigenvalue weighted by Gasteiger charge is -2.06. The Bertz CT molecular complexity index is 311. The number of carbonyl (C=O) groups excluding carboxylic acids is 1.